The van der Waals surface area contributed by atoms with Crippen LogP contribution in [0.1, 0.15) is 46.1 Å². The molecule has 0 unspecified atom stereocenters. The minimum Gasteiger partial charge on any atom is -0.506 e. The second-order valence-corrected chi connectivity index (χ2v) is 11.3. The van der Waals surface area contributed by atoms with Gasteiger partial charge in [-0.2, -0.15) is 0 Å². The van der Waals surface area contributed by atoms with Crippen LogP contribution in [0.15, 0.2) is 22.4 Å². The van der Waals surface area contributed by atoms with Gasteiger partial charge in [-0.25, -0.2) is 17.5 Å². The minimum atomic E-state index is -3.79. The SMILES string of the molecule is CCCCN(C)S(=O)(=O)c1sc2c(c1C(=O)OC)CCN(Cc1ccc(O)c(Cl)c1)C2. The fourth-order valence-corrected chi connectivity index (χ4v) is 7.14. The van der Waals surface area contributed by atoms with Gasteiger partial charge in [-0.15, -0.1) is 11.3 Å². The van der Waals surface area contributed by atoms with Gasteiger partial charge in [0.05, 0.1) is 17.7 Å². The largest absolute Gasteiger partial charge is 0.506 e. The predicted octanol–water partition coefficient (Wildman–Crippen LogP) is 3.87. The number of aromatic hydroxyl groups is 1. The molecule has 2 heterocycles. The number of halogens is 1. The van der Waals surface area contributed by atoms with Gasteiger partial charge in [0.25, 0.3) is 10.0 Å². The van der Waals surface area contributed by atoms with Crippen molar-refractivity contribution in [3.05, 3.63) is 44.8 Å². The molecule has 1 aromatic heterocycles. The summed E-state index contributed by atoms with van der Waals surface area (Å²) in [4.78, 5) is 15.6. The molecule has 7 nitrogen and oxygen atoms in total. The highest BCUT2D eigenvalue weighted by Gasteiger charge is 2.35. The van der Waals surface area contributed by atoms with Crippen molar-refractivity contribution in [3.8, 4) is 5.75 Å². The van der Waals surface area contributed by atoms with Crippen molar-refractivity contribution in [3.63, 3.8) is 0 Å². The third-order valence-electron chi connectivity index (χ3n) is 5.38. The number of thiophene rings is 1. The molecule has 0 radical (unpaired) electrons. The van der Waals surface area contributed by atoms with E-state index in [0.29, 0.717) is 37.6 Å². The second-order valence-electron chi connectivity index (χ2n) is 7.58. The summed E-state index contributed by atoms with van der Waals surface area (Å²) in [5.74, 6) is -0.576. The van der Waals surface area contributed by atoms with Gasteiger partial charge in [-0.1, -0.05) is 31.0 Å². The molecule has 0 spiro atoms. The number of carbonyl (C=O) groups is 1. The zero-order valence-electron chi connectivity index (χ0n) is 17.9. The number of ether oxygens (including phenoxy) is 1. The molecular weight excluding hydrogens is 460 g/mol. The molecule has 3 rings (SSSR count). The summed E-state index contributed by atoms with van der Waals surface area (Å²) >= 11 is 7.17. The zero-order chi connectivity index (χ0) is 22.8. The van der Waals surface area contributed by atoms with Gasteiger partial charge in [0.15, 0.2) is 0 Å². The molecule has 0 saturated carbocycles. The average Bonchev–Trinajstić information content (AvgIpc) is 3.13. The van der Waals surface area contributed by atoms with Gasteiger partial charge >= 0.3 is 5.97 Å². The molecule has 0 atom stereocenters. The first-order valence-electron chi connectivity index (χ1n) is 10.1. The summed E-state index contributed by atoms with van der Waals surface area (Å²) in [6.45, 7) is 4.19. The molecule has 0 bridgehead atoms. The maximum Gasteiger partial charge on any atom is 0.340 e. The van der Waals surface area contributed by atoms with E-state index in [1.165, 1.54) is 11.4 Å². The number of nitrogens with zero attached hydrogens (tertiary/aromatic N) is 2. The maximum atomic E-state index is 13.2. The third kappa shape index (κ3) is 5.06. The molecule has 0 saturated heterocycles. The van der Waals surface area contributed by atoms with Crippen LogP contribution in [0.25, 0.3) is 0 Å². The Hall–Kier alpha value is -1.65. The highest BCUT2D eigenvalue weighted by molar-refractivity contribution is 7.91. The number of unbranched alkanes of at least 4 members (excludes halogenated alkanes) is 1. The van der Waals surface area contributed by atoms with E-state index in [1.807, 2.05) is 13.0 Å². The van der Waals surface area contributed by atoms with Gasteiger partial charge in [0, 0.05) is 38.1 Å². The van der Waals surface area contributed by atoms with E-state index in [9.17, 15) is 18.3 Å². The first kappa shape index (κ1) is 24.0. The number of methoxy groups -OCH3 is 1. The molecule has 0 fully saturated rings. The second kappa shape index (κ2) is 9.87. The van der Waals surface area contributed by atoms with E-state index >= 15 is 0 Å². The van der Waals surface area contributed by atoms with Crippen LogP contribution >= 0.6 is 22.9 Å². The summed E-state index contributed by atoms with van der Waals surface area (Å²) in [6.07, 6.45) is 2.18. The number of esters is 1. The number of phenols is 1. The van der Waals surface area contributed by atoms with Crippen molar-refractivity contribution in [1.29, 1.82) is 0 Å². The molecule has 1 aromatic carbocycles. The predicted molar refractivity (Wildman–Crippen MR) is 121 cm³/mol. The van der Waals surface area contributed by atoms with E-state index in [2.05, 4.69) is 4.90 Å². The molecular formula is C21H27ClN2O5S2. The lowest BCUT2D eigenvalue weighted by atomic mass is 10.0. The smallest absolute Gasteiger partial charge is 0.340 e. The lowest BCUT2D eigenvalue weighted by molar-refractivity contribution is 0.0595. The molecule has 0 amide bonds. The van der Waals surface area contributed by atoms with Gasteiger partial charge < -0.3 is 9.84 Å². The molecule has 2 aromatic rings. The Morgan fingerprint density at radius 2 is 2.13 bits per heavy atom. The number of sulfonamides is 1. The van der Waals surface area contributed by atoms with Crippen LogP contribution in [0.2, 0.25) is 5.02 Å². The van der Waals surface area contributed by atoms with Crippen molar-refractivity contribution < 1.29 is 23.1 Å². The Balaban J connectivity index is 1.91. The van der Waals surface area contributed by atoms with E-state index in [-0.39, 0.29) is 15.5 Å². The van der Waals surface area contributed by atoms with Crippen LogP contribution in [0, 0.1) is 0 Å². The Bertz CT molecular complexity index is 1070. The third-order valence-corrected chi connectivity index (χ3v) is 9.25. The fourth-order valence-electron chi connectivity index (χ4n) is 3.61. The summed E-state index contributed by atoms with van der Waals surface area (Å²) in [7, 11) is -0.972. The first-order valence-corrected chi connectivity index (χ1v) is 12.7. The van der Waals surface area contributed by atoms with Crippen LogP contribution in [0.4, 0.5) is 0 Å². The van der Waals surface area contributed by atoms with Crippen LogP contribution in [0.5, 0.6) is 5.75 Å². The Kier molecular flexibility index (Phi) is 7.64. The van der Waals surface area contributed by atoms with Gasteiger partial charge in [0.2, 0.25) is 0 Å². The van der Waals surface area contributed by atoms with E-state index < -0.39 is 16.0 Å². The van der Waals surface area contributed by atoms with Crippen molar-refractivity contribution in [1.82, 2.24) is 9.21 Å². The first-order chi connectivity index (χ1) is 14.7. The minimum absolute atomic E-state index is 0.0364. The molecule has 10 heteroatoms. The molecule has 1 N–H and O–H groups in total. The fraction of sp³-hybridized carbons (Fsp3) is 0.476. The highest BCUT2D eigenvalue weighted by Crippen LogP contribution is 2.38. The van der Waals surface area contributed by atoms with Gasteiger partial charge in [-0.3, -0.25) is 4.90 Å². The number of rotatable bonds is 8. The van der Waals surface area contributed by atoms with Crippen LogP contribution in [-0.4, -0.2) is 55.9 Å². The van der Waals surface area contributed by atoms with Crippen molar-refractivity contribution in [2.45, 2.75) is 43.5 Å². The number of carbonyl (C=O) groups excluding carboxylic acids is 1. The average molecular weight is 487 g/mol. The highest BCUT2D eigenvalue weighted by atomic mass is 35.5. The van der Waals surface area contributed by atoms with Crippen LogP contribution in [0.3, 0.4) is 0 Å². The monoisotopic (exact) mass is 486 g/mol. The summed E-state index contributed by atoms with van der Waals surface area (Å²) in [5, 5.41) is 9.91. The van der Waals surface area contributed by atoms with Gasteiger partial charge in [-0.05, 0) is 36.1 Å². The molecule has 0 aliphatic carbocycles. The quantitative estimate of drug-likeness (QED) is 0.570. The normalized spacial score (nSPS) is 14.6. The number of phenolic OH excluding ortho intramolecular Hbond substituents is 1. The summed E-state index contributed by atoms with van der Waals surface area (Å²) in [5.41, 5.74) is 1.89. The van der Waals surface area contributed by atoms with Crippen molar-refractivity contribution >= 4 is 38.9 Å². The van der Waals surface area contributed by atoms with E-state index in [0.717, 1.165) is 40.2 Å². The van der Waals surface area contributed by atoms with Crippen molar-refractivity contribution in [2.75, 3.05) is 27.2 Å². The Morgan fingerprint density at radius 3 is 2.77 bits per heavy atom. The number of hydrogen-bond donors (Lipinski definition) is 1. The topological polar surface area (TPSA) is 87.2 Å². The Morgan fingerprint density at radius 1 is 1.39 bits per heavy atom. The number of fused-ring (bicyclic) bond motifs is 1. The molecule has 1 aliphatic rings. The molecule has 170 valence electrons. The number of hydrogen-bond acceptors (Lipinski definition) is 7. The lowest BCUT2D eigenvalue weighted by Gasteiger charge is -2.27. The lowest BCUT2D eigenvalue weighted by Crippen LogP contribution is -2.30. The van der Waals surface area contributed by atoms with Crippen molar-refractivity contribution in [2.24, 2.45) is 0 Å². The maximum absolute atomic E-state index is 13.2. The summed E-state index contributed by atoms with van der Waals surface area (Å²) < 4.78 is 32.8. The zero-order valence-corrected chi connectivity index (χ0v) is 20.2. The van der Waals surface area contributed by atoms with Gasteiger partial charge in [0.1, 0.15) is 9.96 Å². The summed E-state index contributed by atoms with van der Waals surface area (Å²) in [6, 6.07) is 5.09. The molecule has 1 aliphatic heterocycles. The Labute approximate surface area is 192 Å². The van der Waals surface area contributed by atoms with Crippen LogP contribution < -0.4 is 0 Å². The van der Waals surface area contributed by atoms with E-state index in [1.54, 1.807) is 19.2 Å². The molecule has 31 heavy (non-hydrogen) atoms. The number of benzene rings is 1. The van der Waals surface area contributed by atoms with E-state index in [4.69, 9.17) is 16.3 Å². The standard InChI is InChI=1S/C21H27ClN2O5S2/c1-4-5-9-23(2)31(27,28)21-19(20(26)29-3)15-8-10-24(13-18(15)30-21)12-14-6-7-17(25)16(22)11-14/h6-7,11,25H,4-5,8-10,12-13H2,1-3H3. The van der Waals surface area contributed by atoms with Crippen LogP contribution in [-0.2, 0) is 34.3 Å².